The molecule has 2 aromatic rings. The van der Waals surface area contributed by atoms with Crippen LogP contribution in [-0.4, -0.2) is 50.8 Å². The lowest BCUT2D eigenvalue weighted by molar-refractivity contribution is 0.0526. The van der Waals surface area contributed by atoms with Crippen molar-refractivity contribution in [3.05, 3.63) is 35.7 Å². The van der Waals surface area contributed by atoms with E-state index in [4.69, 9.17) is 4.74 Å². The maximum atomic E-state index is 12.1. The lowest BCUT2D eigenvalue weighted by Crippen LogP contribution is -2.47. The summed E-state index contributed by atoms with van der Waals surface area (Å²) in [5, 5.41) is 12.8. The number of hydrogen-bond acceptors (Lipinski definition) is 6. The van der Waals surface area contributed by atoms with Gasteiger partial charge in [0.15, 0.2) is 5.82 Å². The van der Waals surface area contributed by atoms with Gasteiger partial charge in [-0.1, -0.05) is 25.3 Å². The molecule has 0 spiro atoms. The zero-order valence-electron chi connectivity index (χ0n) is 15.9. The van der Waals surface area contributed by atoms with E-state index in [1.807, 2.05) is 29.8 Å². The number of aromatic nitrogens is 4. The molecule has 0 radical (unpaired) electrons. The molecule has 0 N–H and O–H groups in total. The quantitative estimate of drug-likeness (QED) is 0.754. The molecule has 7 nitrogen and oxygen atoms in total. The van der Waals surface area contributed by atoms with Crippen LogP contribution in [-0.2, 0) is 10.3 Å². The van der Waals surface area contributed by atoms with Gasteiger partial charge in [-0.25, -0.2) is 4.79 Å². The smallest absolute Gasteiger partial charge is 0.338 e. The summed E-state index contributed by atoms with van der Waals surface area (Å²) in [5.41, 5.74) is 1.23. The molecule has 7 heteroatoms. The standard InChI is InChI=1S/C20H27N5O2/c1-2-27-18(26)16-9-8-10-17(15-16)25-19(21-22-23-25)20(11-4-3-5-12-20)24-13-6-7-14-24/h8-10,15H,2-7,11-14H2,1H3. The van der Waals surface area contributed by atoms with Crippen molar-refractivity contribution in [3.63, 3.8) is 0 Å². The number of ether oxygens (including phenoxy) is 1. The van der Waals surface area contributed by atoms with Crippen LogP contribution in [0.4, 0.5) is 0 Å². The average molecular weight is 369 g/mol. The number of hydrogen-bond donors (Lipinski definition) is 0. The van der Waals surface area contributed by atoms with Gasteiger partial charge in [0.2, 0.25) is 0 Å². The van der Waals surface area contributed by atoms with Crippen LogP contribution in [0.2, 0.25) is 0 Å². The minimum Gasteiger partial charge on any atom is -0.462 e. The Morgan fingerprint density at radius 1 is 1.15 bits per heavy atom. The third-order valence-electron chi connectivity index (χ3n) is 5.88. The van der Waals surface area contributed by atoms with Gasteiger partial charge in [-0.15, -0.1) is 5.10 Å². The third-order valence-corrected chi connectivity index (χ3v) is 5.88. The summed E-state index contributed by atoms with van der Waals surface area (Å²) in [6.45, 7) is 4.38. The van der Waals surface area contributed by atoms with E-state index in [0.29, 0.717) is 12.2 Å². The third kappa shape index (κ3) is 3.36. The molecule has 0 amide bonds. The van der Waals surface area contributed by atoms with Crippen molar-refractivity contribution in [2.45, 2.75) is 57.4 Å². The number of benzene rings is 1. The molecular formula is C20H27N5O2. The molecule has 0 unspecified atom stereocenters. The number of likely N-dealkylation sites (tertiary alicyclic amines) is 1. The molecule has 1 aromatic heterocycles. The van der Waals surface area contributed by atoms with Gasteiger partial charge in [0.1, 0.15) is 0 Å². The molecule has 1 aromatic carbocycles. The van der Waals surface area contributed by atoms with Crippen LogP contribution in [0.5, 0.6) is 0 Å². The van der Waals surface area contributed by atoms with Gasteiger partial charge in [0.25, 0.3) is 0 Å². The number of carbonyl (C=O) groups excluding carboxylic acids is 1. The Morgan fingerprint density at radius 2 is 1.93 bits per heavy atom. The van der Waals surface area contributed by atoms with Crippen LogP contribution in [0.1, 0.15) is 68.1 Å². The van der Waals surface area contributed by atoms with Crippen LogP contribution in [0.15, 0.2) is 24.3 Å². The summed E-state index contributed by atoms with van der Waals surface area (Å²) in [4.78, 5) is 14.7. The first-order valence-electron chi connectivity index (χ1n) is 10.1. The molecule has 1 aliphatic carbocycles. The van der Waals surface area contributed by atoms with E-state index in [1.54, 1.807) is 6.07 Å². The highest BCUT2D eigenvalue weighted by Crippen LogP contribution is 2.43. The van der Waals surface area contributed by atoms with E-state index >= 15 is 0 Å². The summed E-state index contributed by atoms with van der Waals surface area (Å²) in [7, 11) is 0. The number of carbonyl (C=O) groups is 1. The van der Waals surface area contributed by atoms with Crippen LogP contribution in [0.3, 0.4) is 0 Å². The van der Waals surface area contributed by atoms with E-state index in [1.165, 1.54) is 32.1 Å². The second-order valence-corrected chi connectivity index (χ2v) is 7.47. The Bertz CT molecular complexity index is 791. The maximum absolute atomic E-state index is 12.1. The fourth-order valence-electron chi connectivity index (χ4n) is 4.59. The van der Waals surface area contributed by atoms with Crippen molar-refractivity contribution in [3.8, 4) is 5.69 Å². The predicted octanol–water partition coefficient (Wildman–Crippen LogP) is 3.09. The first-order valence-corrected chi connectivity index (χ1v) is 10.1. The Morgan fingerprint density at radius 3 is 2.67 bits per heavy atom. The van der Waals surface area contributed by atoms with E-state index in [0.717, 1.165) is 37.4 Å². The van der Waals surface area contributed by atoms with Crippen molar-refractivity contribution in [1.82, 2.24) is 25.1 Å². The molecule has 2 heterocycles. The largest absolute Gasteiger partial charge is 0.462 e. The summed E-state index contributed by atoms with van der Waals surface area (Å²) in [6.07, 6.45) is 8.33. The second kappa shape index (κ2) is 7.76. The maximum Gasteiger partial charge on any atom is 0.338 e. The van der Waals surface area contributed by atoms with Crippen LogP contribution in [0.25, 0.3) is 5.69 Å². The van der Waals surface area contributed by atoms with Gasteiger partial charge in [-0.05, 0) is 74.3 Å². The molecule has 27 heavy (non-hydrogen) atoms. The molecule has 2 aliphatic rings. The molecular weight excluding hydrogens is 342 g/mol. The molecule has 144 valence electrons. The molecule has 2 fully saturated rings. The van der Waals surface area contributed by atoms with E-state index in [-0.39, 0.29) is 11.5 Å². The van der Waals surface area contributed by atoms with Gasteiger partial charge in [0.05, 0.1) is 23.4 Å². The van der Waals surface area contributed by atoms with E-state index in [2.05, 4.69) is 20.4 Å². The predicted molar refractivity (Wildman–Crippen MR) is 101 cm³/mol. The minimum atomic E-state index is -0.319. The Labute approximate surface area is 159 Å². The SMILES string of the molecule is CCOC(=O)c1cccc(-n2nnnc2C2(N3CCCC3)CCCCC2)c1. The van der Waals surface area contributed by atoms with Crippen molar-refractivity contribution in [2.75, 3.05) is 19.7 Å². The van der Waals surface area contributed by atoms with Crippen molar-refractivity contribution in [1.29, 1.82) is 0 Å². The van der Waals surface area contributed by atoms with Gasteiger partial charge < -0.3 is 4.74 Å². The Hall–Kier alpha value is -2.28. The first kappa shape index (κ1) is 18.1. The molecule has 4 rings (SSSR count). The molecule has 1 saturated heterocycles. The normalized spacial score (nSPS) is 19.9. The highest BCUT2D eigenvalue weighted by Gasteiger charge is 2.45. The second-order valence-electron chi connectivity index (χ2n) is 7.47. The zero-order chi connectivity index (χ0) is 18.7. The topological polar surface area (TPSA) is 73.1 Å². The number of esters is 1. The highest BCUT2D eigenvalue weighted by molar-refractivity contribution is 5.90. The molecule has 1 saturated carbocycles. The average Bonchev–Trinajstić information content (AvgIpc) is 3.41. The van der Waals surface area contributed by atoms with Crippen molar-refractivity contribution in [2.24, 2.45) is 0 Å². The Kier molecular flexibility index (Phi) is 5.20. The minimum absolute atomic E-state index is 0.0990. The van der Waals surface area contributed by atoms with Crippen molar-refractivity contribution < 1.29 is 9.53 Å². The summed E-state index contributed by atoms with van der Waals surface area (Å²) in [5.74, 6) is 0.589. The fraction of sp³-hybridized carbons (Fsp3) is 0.600. The number of tetrazole rings is 1. The number of nitrogens with zero attached hydrogens (tertiary/aromatic N) is 5. The lowest BCUT2D eigenvalue weighted by Gasteiger charge is -2.43. The summed E-state index contributed by atoms with van der Waals surface area (Å²) >= 11 is 0. The monoisotopic (exact) mass is 369 g/mol. The lowest BCUT2D eigenvalue weighted by atomic mass is 9.79. The highest BCUT2D eigenvalue weighted by atomic mass is 16.5. The Balaban J connectivity index is 1.73. The van der Waals surface area contributed by atoms with E-state index < -0.39 is 0 Å². The van der Waals surface area contributed by atoms with Gasteiger partial charge in [-0.3, -0.25) is 4.90 Å². The number of rotatable bonds is 5. The van der Waals surface area contributed by atoms with Gasteiger partial charge >= 0.3 is 5.97 Å². The van der Waals surface area contributed by atoms with Crippen LogP contribution < -0.4 is 0 Å². The first-order chi connectivity index (χ1) is 13.2. The van der Waals surface area contributed by atoms with Crippen molar-refractivity contribution >= 4 is 5.97 Å². The fourth-order valence-corrected chi connectivity index (χ4v) is 4.59. The summed E-state index contributed by atoms with van der Waals surface area (Å²) in [6, 6.07) is 7.39. The molecule has 0 bridgehead atoms. The van der Waals surface area contributed by atoms with E-state index in [9.17, 15) is 4.79 Å². The molecule has 1 aliphatic heterocycles. The zero-order valence-corrected chi connectivity index (χ0v) is 15.9. The van der Waals surface area contributed by atoms with Gasteiger partial charge in [-0.2, -0.15) is 4.68 Å². The van der Waals surface area contributed by atoms with Crippen LogP contribution >= 0.6 is 0 Å². The van der Waals surface area contributed by atoms with Gasteiger partial charge in [0, 0.05) is 0 Å². The summed E-state index contributed by atoms with van der Waals surface area (Å²) < 4.78 is 6.97. The van der Waals surface area contributed by atoms with Crippen LogP contribution in [0, 0.1) is 0 Å². The molecule has 0 atom stereocenters.